The zero-order chi connectivity index (χ0) is 7.28. The van der Waals surface area contributed by atoms with E-state index < -0.39 is 0 Å². The van der Waals surface area contributed by atoms with E-state index in [1.54, 1.807) is 7.11 Å². The Bertz CT molecular complexity index is 61.9. The van der Waals surface area contributed by atoms with Crippen molar-refractivity contribution in [2.24, 2.45) is 0 Å². The summed E-state index contributed by atoms with van der Waals surface area (Å²) in [5.74, 6) is 0. The van der Waals surface area contributed by atoms with Gasteiger partial charge in [-0.2, -0.15) is 0 Å². The second-order valence-electron chi connectivity index (χ2n) is 2.43. The lowest BCUT2D eigenvalue weighted by molar-refractivity contribution is -0.00686. The van der Waals surface area contributed by atoms with Gasteiger partial charge in [0.25, 0.3) is 0 Å². The van der Waals surface area contributed by atoms with Crippen LogP contribution in [0.25, 0.3) is 0 Å². The first-order valence-corrected chi connectivity index (χ1v) is 3.31. The lowest BCUT2D eigenvalue weighted by Crippen LogP contribution is -2.16. The fourth-order valence-corrected chi connectivity index (χ4v) is 0.396. The Labute approximate surface area is 57.2 Å². The summed E-state index contributed by atoms with van der Waals surface area (Å²) in [6.07, 6.45) is 0.523. The van der Waals surface area contributed by atoms with Crippen molar-refractivity contribution in [3.63, 3.8) is 0 Å². The molecule has 1 atom stereocenters. The first-order chi connectivity index (χ1) is 4.16. The van der Waals surface area contributed by atoms with Crippen molar-refractivity contribution in [1.82, 2.24) is 0 Å². The fourth-order valence-electron chi connectivity index (χ4n) is 0.396. The van der Waals surface area contributed by atoms with Crippen molar-refractivity contribution < 1.29 is 9.47 Å². The summed E-state index contributed by atoms with van der Waals surface area (Å²) < 4.78 is 10.2. The molecule has 0 aliphatic carbocycles. The zero-order valence-electron chi connectivity index (χ0n) is 6.68. The van der Waals surface area contributed by atoms with Crippen LogP contribution in [0.3, 0.4) is 0 Å². The maximum Gasteiger partial charge on any atom is 0.0776 e. The standard InChI is InChI=1S/C7H16O2/c1-6(2)9-5-7(3)8-4/h6-7H,5H2,1-4H3/t7-/m0/s1. The first kappa shape index (κ1) is 8.92. The van der Waals surface area contributed by atoms with E-state index in [-0.39, 0.29) is 6.10 Å². The zero-order valence-corrected chi connectivity index (χ0v) is 6.68. The molecule has 0 aromatic heterocycles. The van der Waals surface area contributed by atoms with Gasteiger partial charge in [-0.1, -0.05) is 0 Å². The Morgan fingerprint density at radius 3 is 2.11 bits per heavy atom. The van der Waals surface area contributed by atoms with E-state index >= 15 is 0 Å². The third-order valence-electron chi connectivity index (χ3n) is 1.07. The SMILES string of the molecule is CO[C@@H](C)COC(C)C. The number of rotatable bonds is 4. The maximum absolute atomic E-state index is 5.27. The quantitative estimate of drug-likeness (QED) is 0.576. The highest BCUT2D eigenvalue weighted by Gasteiger charge is 1.99. The Hall–Kier alpha value is -0.0800. The van der Waals surface area contributed by atoms with Crippen molar-refractivity contribution >= 4 is 0 Å². The molecule has 2 nitrogen and oxygen atoms in total. The van der Waals surface area contributed by atoms with Gasteiger partial charge in [0.1, 0.15) is 0 Å². The molecule has 0 aromatic carbocycles. The highest BCUT2D eigenvalue weighted by Crippen LogP contribution is 1.92. The summed E-state index contributed by atoms with van der Waals surface area (Å²) in [5.41, 5.74) is 0. The van der Waals surface area contributed by atoms with Crippen LogP contribution in [-0.4, -0.2) is 25.9 Å². The van der Waals surface area contributed by atoms with Crippen LogP contribution in [0.2, 0.25) is 0 Å². The van der Waals surface area contributed by atoms with Crippen LogP contribution in [-0.2, 0) is 9.47 Å². The molecule has 0 radical (unpaired) electrons. The van der Waals surface area contributed by atoms with Gasteiger partial charge in [-0.05, 0) is 20.8 Å². The second kappa shape index (κ2) is 4.77. The Balaban J connectivity index is 3.06. The van der Waals surface area contributed by atoms with Gasteiger partial charge >= 0.3 is 0 Å². The molecule has 0 amide bonds. The van der Waals surface area contributed by atoms with Gasteiger partial charge in [-0.3, -0.25) is 0 Å². The molecule has 0 saturated carbocycles. The summed E-state index contributed by atoms with van der Waals surface area (Å²) in [5, 5.41) is 0. The van der Waals surface area contributed by atoms with Crippen molar-refractivity contribution in [1.29, 1.82) is 0 Å². The van der Waals surface area contributed by atoms with Gasteiger partial charge < -0.3 is 9.47 Å². The maximum atomic E-state index is 5.27. The molecule has 0 spiro atoms. The third kappa shape index (κ3) is 5.80. The molecule has 9 heavy (non-hydrogen) atoms. The van der Waals surface area contributed by atoms with E-state index in [1.165, 1.54) is 0 Å². The predicted molar refractivity (Wildman–Crippen MR) is 37.6 cm³/mol. The van der Waals surface area contributed by atoms with E-state index in [2.05, 4.69) is 0 Å². The van der Waals surface area contributed by atoms with Gasteiger partial charge in [-0.25, -0.2) is 0 Å². The van der Waals surface area contributed by atoms with Gasteiger partial charge in [0.15, 0.2) is 0 Å². The molecule has 0 aliphatic rings. The average molecular weight is 132 g/mol. The molecule has 0 unspecified atom stereocenters. The molecule has 0 bridgehead atoms. The normalized spacial score (nSPS) is 14.3. The number of hydrogen-bond donors (Lipinski definition) is 0. The topological polar surface area (TPSA) is 18.5 Å². The van der Waals surface area contributed by atoms with E-state index in [1.807, 2.05) is 20.8 Å². The Kier molecular flexibility index (Phi) is 4.72. The van der Waals surface area contributed by atoms with E-state index in [0.29, 0.717) is 12.7 Å². The summed E-state index contributed by atoms with van der Waals surface area (Å²) in [6, 6.07) is 0. The van der Waals surface area contributed by atoms with Crippen LogP contribution in [0.4, 0.5) is 0 Å². The van der Waals surface area contributed by atoms with Crippen LogP contribution in [0.5, 0.6) is 0 Å². The number of hydrogen-bond acceptors (Lipinski definition) is 2. The van der Waals surface area contributed by atoms with Crippen molar-refractivity contribution in [3.05, 3.63) is 0 Å². The summed E-state index contributed by atoms with van der Waals surface area (Å²) >= 11 is 0. The van der Waals surface area contributed by atoms with Gasteiger partial charge in [-0.15, -0.1) is 0 Å². The molecule has 0 aromatic rings. The third-order valence-corrected chi connectivity index (χ3v) is 1.07. The first-order valence-electron chi connectivity index (χ1n) is 3.31. The Morgan fingerprint density at radius 1 is 1.22 bits per heavy atom. The summed E-state index contributed by atoms with van der Waals surface area (Å²) in [4.78, 5) is 0. The number of methoxy groups -OCH3 is 1. The van der Waals surface area contributed by atoms with Crippen molar-refractivity contribution in [2.75, 3.05) is 13.7 Å². The summed E-state index contributed by atoms with van der Waals surface area (Å²) in [7, 11) is 1.69. The van der Waals surface area contributed by atoms with E-state index in [4.69, 9.17) is 9.47 Å². The van der Waals surface area contributed by atoms with E-state index in [0.717, 1.165) is 0 Å². The van der Waals surface area contributed by atoms with Gasteiger partial charge in [0.05, 0.1) is 18.8 Å². The van der Waals surface area contributed by atoms with Crippen LogP contribution in [0, 0.1) is 0 Å². The smallest absolute Gasteiger partial charge is 0.0776 e. The lowest BCUT2D eigenvalue weighted by atomic mass is 10.4. The van der Waals surface area contributed by atoms with Crippen LogP contribution in [0.15, 0.2) is 0 Å². The minimum Gasteiger partial charge on any atom is -0.379 e. The van der Waals surface area contributed by atoms with Gasteiger partial charge in [0.2, 0.25) is 0 Å². The molecule has 0 saturated heterocycles. The van der Waals surface area contributed by atoms with Crippen molar-refractivity contribution in [3.8, 4) is 0 Å². The summed E-state index contributed by atoms with van der Waals surface area (Å²) in [6.45, 7) is 6.71. The molecule has 0 rings (SSSR count). The molecule has 0 aliphatic heterocycles. The molecule has 0 heterocycles. The highest BCUT2D eigenvalue weighted by atomic mass is 16.5. The molecular formula is C7H16O2. The van der Waals surface area contributed by atoms with Crippen LogP contribution in [0.1, 0.15) is 20.8 Å². The minimum absolute atomic E-state index is 0.215. The predicted octanol–water partition coefficient (Wildman–Crippen LogP) is 1.45. The van der Waals surface area contributed by atoms with E-state index in [9.17, 15) is 0 Å². The average Bonchev–Trinajstić information content (AvgIpc) is 1.83. The van der Waals surface area contributed by atoms with Crippen molar-refractivity contribution in [2.45, 2.75) is 33.0 Å². The molecule has 0 N–H and O–H groups in total. The van der Waals surface area contributed by atoms with Gasteiger partial charge in [0, 0.05) is 7.11 Å². The Morgan fingerprint density at radius 2 is 1.78 bits per heavy atom. The molecule has 0 fully saturated rings. The lowest BCUT2D eigenvalue weighted by Gasteiger charge is -2.11. The second-order valence-corrected chi connectivity index (χ2v) is 2.43. The minimum atomic E-state index is 0.215. The largest absolute Gasteiger partial charge is 0.379 e. The molecule has 2 heteroatoms. The van der Waals surface area contributed by atoms with Crippen LogP contribution < -0.4 is 0 Å². The molecular weight excluding hydrogens is 116 g/mol. The fraction of sp³-hybridized carbons (Fsp3) is 1.00. The highest BCUT2D eigenvalue weighted by molar-refractivity contribution is 4.46. The van der Waals surface area contributed by atoms with Crippen LogP contribution >= 0.6 is 0 Å². The molecule has 56 valence electrons. The number of ether oxygens (including phenoxy) is 2. The monoisotopic (exact) mass is 132 g/mol.